The number of carbonyl (C=O) groups is 1. The molecule has 0 aliphatic rings. The fourth-order valence-electron chi connectivity index (χ4n) is 2.70. The number of carbonyl (C=O) groups excluding carboxylic acids is 1. The molecule has 29 heavy (non-hydrogen) atoms. The number of nitrogens with zero attached hydrogens (tertiary/aromatic N) is 1. The van der Waals surface area contributed by atoms with E-state index < -0.39 is 0 Å². The number of phenolic OH excluding ortho intramolecular Hbond substituents is 1. The van der Waals surface area contributed by atoms with Gasteiger partial charge in [0, 0.05) is 11.1 Å². The summed E-state index contributed by atoms with van der Waals surface area (Å²) in [5.74, 6) is 1.29. The highest BCUT2D eigenvalue weighted by Gasteiger charge is 2.06. The number of hydrogen-bond donors (Lipinski definition) is 1. The van der Waals surface area contributed by atoms with E-state index >= 15 is 0 Å². The van der Waals surface area contributed by atoms with Crippen LogP contribution in [0.5, 0.6) is 17.2 Å². The van der Waals surface area contributed by atoms with E-state index in [1.165, 1.54) is 18.2 Å². The molecule has 5 heteroatoms. The first-order valence-corrected chi connectivity index (χ1v) is 8.90. The number of ketones is 1. The standard InChI is InChI=1S/C24H19NO4/c1-28-24-13-5-17(4-12-23(27)19-6-8-21(26)9-7-19)14-20(24)16-29-22-10-2-18(15-25)3-11-22/h2-14,26H,16H2,1H3/b12-4+. The van der Waals surface area contributed by atoms with E-state index in [-0.39, 0.29) is 18.1 Å². The summed E-state index contributed by atoms with van der Waals surface area (Å²) < 4.78 is 11.2. The van der Waals surface area contributed by atoms with E-state index in [1.54, 1.807) is 49.6 Å². The molecule has 0 saturated heterocycles. The van der Waals surface area contributed by atoms with Gasteiger partial charge in [-0.2, -0.15) is 5.26 Å². The fourth-order valence-corrected chi connectivity index (χ4v) is 2.70. The number of benzene rings is 3. The summed E-state index contributed by atoms with van der Waals surface area (Å²) in [6, 6.07) is 20.6. The zero-order chi connectivity index (χ0) is 20.6. The number of phenols is 1. The van der Waals surface area contributed by atoms with Gasteiger partial charge in [-0.1, -0.05) is 12.1 Å². The highest BCUT2D eigenvalue weighted by molar-refractivity contribution is 6.06. The maximum Gasteiger partial charge on any atom is 0.185 e. The molecule has 0 unspecified atom stereocenters. The Balaban J connectivity index is 1.72. The first-order chi connectivity index (χ1) is 14.1. The molecule has 0 radical (unpaired) electrons. The lowest BCUT2D eigenvalue weighted by Gasteiger charge is -2.11. The second-order valence-electron chi connectivity index (χ2n) is 6.24. The Morgan fingerprint density at radius 2 is 1.79 bits per heavy atom. The van der Waals surface area contributed by atoms with Crippen LogP contribution in [0.1, 0.15) is 27.0 Å². The molecule has 0 aromatic heterocycles. The van der Waals surface area contributed by atoms with Crippen LogP contribution in [0.4, 0.5) is 0 Å². The molecule has 0 atom stereocenters. The molecule has 0 heterocycles. The average molecular weight is 385 g/mol. The van der Waals surface area contributed by atoms with Crippen molar-refractivity contribution in [2.45, 2.75) is 6.61 Å². The number of allylic oxidation sites excluding steroid dienone is 1. The number of hydrogen-bond acceptors (Lipinski definition) is 5. The molecule has 0 amide bonds. The van der Waals surface area contributed by atoms with E-state index in [9.17, 15) is 9.90 Å². The minimum Gasteiger partial charge on any atom is -0.508 e. The summed E-state index contributed by atoms with van der Waals surface area (Å²) in [6.45, 7) is 0.280. The Morgan fingerprint density at radius 1 is 1.07 bits per heavy atom. The molecule has 0 saturated carbocycles. The fraction of sp³-hybridized carbons (Fsp3) is 0.0833. The van der Waals surface area contributed by atoms with Crippen LogP contribution >= 0.6 is 0 Å². The van der Waals surface area contributed by atoms with Crippen molar-refractivity contribution in [1.29, 1.82) is 5.26 Å². The van der Waals surface area contributed by atoms with Gasteiger partial charge in [-0.25, -0.2) is 0 Å². The largest absolute Gasteiger partial charge is 0.508 e. The minimum absolute atomic E-state index is 0.118. The number of nitriles is 1. The van der Waals surface area contributed by atoms with Crippen molar-refractivity contribution in [2.24, 2.45) is 0 Å². The third-order valence-corrected chi connectivity index (χ3v) is 4.26. The first kappa shape index (κ1) is 19.7. The topological polar surface area (TPSA) is 79.6 Å². The third-order valence-electron chi connectivity index (χ3n) is 4.26. The van der Waals surface area contributed by atoms with E-state index in [0.29, 0.717) is 22.6 Å². The van der Waals surface area contributed by atoms with Crippen molar-refractivity contribution in [3.63, 3.8) is 0 Å². The van der Waals surface area contributed by atoms with Gasteiger partial charge >= 0.3 is 0 Å². The average Bonchev–Trinajstić information content (AvgIpc) is 2.77. The molecule has 3 aromatic rings. The summed E-state index contributed by atoms with van der Waals surface area (Å²) in [6.07, 6.45) is 3.21. The van der Waals surface area contributed by atoms with Crippen LogP contribution in [0.2, 0.25) is 0 Å². The Morgan fingerprint density at radius 3 is 2.45 bits per heavy atom. The molecule has 5 nitrogen and oxygen atoms in total. The number of aromatic hydroxyl groups is 1. The van der Waals surface area contributed by atoms with E-state index in [2.05, 4.69) is 6.07 Å². The molecular weight excluding hydrogens is 366 g/mol. The van der Waals surface area contributed by atoms with Crippen molar-refractivity contribution in [2.75, 3.05) is 7.11 Å². The number of ether oxygens (including phenoxy) is 2. The maximum absolute atomic E-state index is 12.3. The molecule has 0 aliphatic carbocycles. The van der Waals surface area contributed by atoms with Gasteiger partial charge in [-0.05, 0) is 72.3 Å². The van der Waals surface area contributed by atoms with Crippen molar-refractivity contribution in [1.82, 2.24) is 0 Å². The second kappa shape index (κ2) is 9.25. The second-order valence-corrected chi connectivity index (χ2v) is 6.24. The Bertz CT molecular complexity index is 1060. The van der Waals surface area contributed by atoms with Crippen LogP contribution in [0.25, 0.3) is 6.08 Å². The van der Waals surface area contributed by atoms with Gasteiger partial charge in [-0.3, -0.25) is 4.79 Å². The van der Waals surface area contributed by atoms with Gasteiger partial charge in [0.1, 0.15) is 23.9 Å². The summed E-state index contributed by atoms with van der Waals surface area (Å²) in [5.41, 5.74) is 2.73. The van der Waals surface area contributed by atoms with Crippen LogP contribution in [-0.4, -0.2) is 18.0 Å². The first-order valence-electron chi connectivity index (χ1n) is 8.90. The van der Waals surface area contributed by atoms with Gasteiger partial charge in [0.15, 0.2) is 5.78 Å². The van der Waals surface area contributed by atoms with E-state index in [1.807, 2.05) is 18.2 Å². The third kappa shape index (κ3) is 5.24. The van der Waals surface area contributed by atoms with Crippen LogP contribution < -0.4 is 9.47 Å². The van der Waals surface area contributed by atoms with Crippen molar-refractivity contribution < 1.29 is 19.4 Å². The predicted molar refractivity (Wildman–Crippen MR) is 110 cm³/mol. The molecule has 0 aliphatic heterocycles. The van der Waals surface area contributed by atoms with Crippen LogP contribution in [0, 0.1) is 11.3 Å². The zero-order valence-corrected chi connectivity index (χ0v) is 15.8. The number of rotatable bonds is 7. The molecule has 3 rings (SSSR count). The molecule has 0 bridgehead atoms. The Kier molecular flexibility index (Phi) is 6.29. The van der Waals surface area contributed by atoms with E-state index in [0.717, 1.165) is 11.1 Å². The lowest BCUT2D eigenvalue weighted by molar-refractivity contribution is 0.104. The Hall–Kier alpha value is -4.04. The van der Waals surface area contributed by atoms with Gasteiger partial charge in [0.2, 0.25) is 0 Å². The smallest absolute Gasteiger partial charge is 0.185 e. The predicted octanol–water partition coefficient (Wildman–Crippen LogP) is 4.75. The van der Waals surface area contributed by atoms with Crippen molar-refractivity contribution in [3.05, 3.63) is 95.1 Å². The summed E-state index contributed by atoms with van der Waals surface area (Å²) >= 11 is 0. The molecular formula is C24H19NO4. The van der Waals surface area contributed by atoms with Gasteiger partial charge in [0.05, 0.1) is 18.7 Å². The molecule has 0 spiro atoms. The molecule has 1 N–H and O–H groups in total. The van der Waals surface area contributed by atoms with Gasteiger partial charge < -0.3 is 14.6 Å². The zero-order valence-electron chi connectivity index (χ0n) is 15.8. The number of methoxy groups -OCH3 is 1. The Labute approximate surface area is 169 Å². The lowest BCUT2D eigenvalue weighted by Crippen LogP contribution is -1.99. The highest BCUT2D eigenvalue weighted by atomic mass is 16.5. The normalized spacial score (nSPS) is 10.5. The van der Waals surface area contributed by atoms with Crippen LogP contribution in [0.3, 0.4) is 0 Å². The SMILES string of the molecule is COc1ccc(/C=C/C(=O)c2ccc(O)cc2)cc1COc1ccc(C#N)cc1. The van der Waals surface area contributed by atoms with Crippen LogP contribution in [-0.2, 0) is 6.61 Å². The minimum atomic E-state index is -0.156. The van der Waals surface area contributed by atoms with Gasteiger partial charge in [0.25, 0.3) is 0 Å². The maximum atomic E-state index is 12.3. The monoisotopic (exact) mass is 385 g/mol. The van der Waals surface area contributed by atoms with Crippen molar-refractivity contribution >= 4 is 11.9 Å². The van der Waals surface area contributed by atoms with Crippen molar-refractivity contribution in [3.8, 4) is 23.3 Å². The summed E-state index contributed by atoms with van der Waals surface area (Å²) in [5, 5.41) is 18.2. The highest BCUT2D eigenvalue weighted by Crippen LogP contribution is 2.23. The summed E-state index contributed by atoms with van der Waals surface area (Å²) in [7, 11) is 1.59. The molecule has 0 fully saturated rings. The molecule has 3 aromatic carbocycles. The quantitative estimate of drug-likeness (QED) is 0.469. The summed E-state index contributed by atoms with van der Waals surface area (Å²) in [4.78, 5) is 12.3. The lowest BCUT2D eigenvalue weighted by atomic mass is 10.1. The van der Waals surface area contributed by atoms with E-state index in [4.69, 9.17) is 14.7 Å². The van der Waals surface area contributed by atoms with Gasteiger partial charge in [-0.15, -0.1) is 0 Å². The molecule has 144 valence electrons. The van der Waals surface area contributed by atoms with Crippen LogP contribution in [0.15, 0.2) is 72.8 Å².